The molecular formula is C9H14N4O2S. The summed E-state index contributed by atoms with van der Waals surface area (Å²) in [5.41, 5.74) is 5.78. The van der Waals surface area contributed by atoms with E-state index in [4.69, 9.17) is 10.9 Å². The Morgan fingerprint density at radius 2 is 2.50 bits per heavy atom. The van der Waals surface area contributed by atoms with Crippen LogP contribution >= 0.6 is 11.3 Å². The lowest BCUT2D eigenvalue weighted by molar-refractivity contribution is 0.0946. The van der Waals surface area contributed by atoms with E-state index in [0.29, 0.717) is 12.2 Å². The third-order valence-corrected chi connectivity index (χ3v) is 2.81. The number of nitrogens with one attached hydrogen (secondary N) is 1. The number of carbonyl (C=O) groups excluding carboxylic acids is 1. The topological polar surface area (TPSA) is 101 Å². The lowest BCUT2D eigenvalue weighted by Gasteiger charge is -2.09. The average Bonchev–Trinajstić information content (AvgIpc) is 2.71. The fourth-order valence-electron chi connectivity index (χ4n) is 1.01. The number of amides is 1. The van der Waals surface area contributed by atoms with Crippen LogP contribution in [0.3, 0.4) is 0 Å². The van der Waals surface area contributed by atoms with E-state index in [1.165, 1.54) is 11.3 Å². The van der Waals surface area contributed by atoms with E-state index in [0.717, 1.165) is 5.01 Å². The third-order valence-electron chi connectivity index (χ3n) is 2.04. The zero-order valence-corrected chi connectivity index (χ0v) is 9.91. The fraction of sp³-hybridized carbons (Fsp3) is 0.444. The molecule has 0 aliphatic rings. The van der Waals surface area contributed by atoms with Gasteiger partial charge in [-0.15, -0.1) is 11.3 Å². The molecule has 88 valence electrons. The molecule has 0 aliphatic heterocycles. The second-order valence-electron chi connectivity index (χ2n) is 3.39. The third kappa shape index (κ3) is 3.20. The minimum Gasteiger partial charge on any atom is -0.409 e. The molecule has 0 aliphatic carbocycles. The molecule has 1 unspecified atom stereocenters. The zero-order chi connectivity index (χ0) is 12.1. The van der Waals surface area contributed by atoms with Crippen molar-refractivity contribution in [1.29, 1.82) is 0 Å². The van der Waals surface area contributed by atoms with Gasteiger partial charge in [0.05, 0.1) is 5.01 Å². The van der Waals surface area contributed by atoms with Gasteiger partial charge in [0.1, 0.15) is 11.5 Å². The molecular weight excluding hydrogens is 228 g/mol. The summed E-state index contributed by atoms with van der Waals surface area (Å²) < 4.78 is 0. The highest BCUT2D eigenvalue weighted by Crippen LogP contribution is 2.07. The quantitative estimate of drug-likeness (QED) is 0.311. The van der Waals surface area contributed by atoms with Gasteiger partial charge in [0, 0.05) is 17.8 Å². The molecule has 1 aromatic rings. The number of amidine groups is 1. The van der Waals surface area contributed by atoms with Crippen LogP contribution < -0.4 is 11.1 Å². The van der Waals surface area contributed by atoms with Crippen LogP contribution in [0, 0.1) is 12.8 Å². The number of aryl methyl sites for hydroxylation is 1. The Labute approximate surface area is 97.2 Å². The minimum atomic E-state index is -0.248. The maximum absolute atomic E-state index is 11.6. The van der Waals surface area contributed by atoms with Gasteiger partial charge in [0.2, 0.25) is 0 Å². The van der Waals surface area contributed by atoms with Crippen molar-refractivity contribution in [3.8, 4) is 0 Å². The molecule has 1 aromatic heterocycles. The maximum atomic E-state index is 11.6. The van der Waals surface area contributed by atoms with Crippen molar-refractivity contribution < 1.29 is 10.0 Å². The van der Waals surface area contributed by atoms with Crippen molar-refractivity contribution in [2.45, 2.75) is 13.8 Å². The molecule has 0 spiro atoms. The second-order valence-corrected chi connectivity index (χ2v) is 4.45. The summed E-state index contributed by atoms with van der Waals surface area (Å²) >= 11 is 1.42. The van der Waals surface area contributed by atoms with Crippen molar-refractivity contribution in [3.63, 3.8) is 0 Å². The summed E-state index contributed by atoms with van der Waals surface area (Å²) in [5.74, 6) is -0.370. The van der Waals surface area contributed by atoms with Gasteiger partial charge in [-0.1, -0.05) is 12.1 Å². The number of nitrogens with two attached hydrogens (primary N) is 1. The summed E-state index contributed by atoms with van der Waals surface area (Å²) in [6, 6.07) is 0. The van der Waals surface area contributed by atoms with Crippen LogP contribution in [0.15, 0.2) is 10.5 Å². The Balaban J connectivity index is 2.47. The van der Waals surface area contributed by atoms with E-state index in [9.17, 15) is 4.79 Å². The molecule has 16 heavy (non-hydrogen) atoms. The number of hydrogen-bond acceptors (Lipinski definition) is 5. The molecule has 0 fully saturated rings. The molecule has 0 bridgehead atoms. The number of carbonyl (C=O) groups is 1. The van der Waals surface area contributed by atoms with Crippen LogP contribution in [0.1, 0.15) is 22.4 Å². The minimum absolute atomic E-state index is 0.0924. The van der Waals surface area contributed by atoms with Crippen molar-refractivity contribution in [2.24, 2.45) is 16.8 Å². The maximum Gasteiger partial charge on any atom is 0.270 e. The smallest absolute Gasteiger partial charge is 0.270 e. The van der Waals surface area contributed by atoms with Gasteiger partial charge in [0.25, 0.3) is 5.91 Å². The molecule has 0 saturated heterocycles. The number of aromatic nitrogens is 1. The van der Waals surface area contributed by atoms with Gasteiger partial charge in [-0.05, 0) is 6.92 Å². The monoisotopic (exact) mass is 242 g/mol. The Hall–Kier alpha value is -1.63. The summed E-state index contributed by atoms with van der Waals surface area (Å²) in [6.45, 7) is 3.90. The normalized spacial score (nSPS) is 13.5. The van der Waals surface area contributed by atoms with Crippen LogP contribution in [-0.2, 0) is 0 Å². The van der Waals surface area contributed by atoms with Crippen molar-refractivity contribution in [1.82, 2.24) is 10.3 Å². The number of thiazole rings is 1. The second kappa shape index (κ2) is 5.45. The van der Waals surface area contributed by atoms with Crippen LogP contribution in [0.4, 0.5) is 0 Å². The number of hydrogen-bond donors (Lipinski definition) is 3. The Morgan fingerprint density at radius 1 is 1.81 bits per heavy atom. The van der Waals surface area contributed by atoms with Gasteiger partial charge >= 0.3 is 0 Å². The van der Waals surface area contributed by atoms with E-state index in [1.54, 1.807) is 12.3 Å². The number of oxime groups is 1. The zero-order valence-electron chi connectivity index (χ0n) is 9.10. The first-order valence-electron chi connectivity index (χ1n) is 4.72. The van der Waals surface area contributed by atoms with E-state index < -0.39 is 0 Å². The highest BCUT2D eigenvalue weighted by molar-refractivity contribution is 7.09. The van der Waals surface area contributed by atoms with Gasteiger partial charge in [-0.3, -0.25) is 4.79 Å². The van der Waals surface area contributed by atoms with Crippen molar-refractivity contribution in [2.75, 3.05) is 6.54 Å². The Bertz CT molecular complexity index is 402. The molecule has 7 heteroatoms. The van der Waals surface area contributed by atoms with Gasteiger partial charge in [0.15, 0.2) is 0 Å². The highest BCUT2D eigenvalue weighted by atomic mass is 32.1. The fourth-order valence-corrected chi connectivity index (χ4v) is 1.60. The first kappa shape index (κ1) is 12.4. The molecule has 4 N–H and O–H groups in total. The molecule has 0 aromatic carbocycles. The summed E-state index contributed by atoms with van der Waals surface area (Å²) in [4.78, 5) is 15.6. The molecule has 1 rings (SSSR count). The van der Waals surface area contributed by atoms with Gasteiger partial charge < -0.3 is 16.3 Å². The van der Waals surface area contributed by atoms with E-state index >= 15 is 0 Å². The van der Waals surface area contributed by atoms with Crippen LogP contribution in [0.2, 0.25) is 0 Å². The summed E-state index contributed by atoms with van der Waals surface area (Å²) in [6.07, 6.45) is 0. The molecule has 0 saturated carbocycles. The summed E-state index contributed by atoms with van der Waals surface area (Å²) in [7, 11) is 0. The van der Waals surface area contributed by atoms with Gasteiger partial charge in [-0.2, -0.15) is 0 Å². The van der Waals surface area contributed by atoms with Crippen LogP contribution in [0.25, 0.3) is 0 Å². The highest BCUT2D eigenvalue weighted by Gasteiger charge is 2.12. The van der Waals surface area contributed by atoms with Crippen molar-refractivity contribution in [3.05, 3.63) is 16.1 Å². The first-order valence-corrected chi connectivity index (χ1v) is 5.60. The van der Waals surface area contributed by atoms with Gasteiger partial charge in [-0.25, -0.2) is 4.98 Å². The number of rotatable bonds is 4. The predicted octanol–water partition coefficient (Wildman–Crippen LogP) is 0.564. The van der Waals surface area contributed by atoms with E-state index in [2.05, 4.69) is 15.5 Å². The Kier molecular flexibility index (Phi) is 4.24. The lowest BCUT2D eigenvalue weighted by Crippen LogP contribution is -2.34. The van der Waals surface area contributed by atoms with Crippen molar-refractivity contribution >= 4 is 23.1 Å². The predicted molar refractivity (Wildman–Crippen MR) is 61.8 cm³/mol. The van der Waals surface area contributed by atoms with E-state index in [1.807, 2.05) is 6.92 Å². The van der Waals surface area contributed by atoms with Crippen LogP contribution in [-0.4, -0.2) is 28.5 Å². The lowest BCUT2D eigenvalue weighted by atomic mass is 10.1. The average molecular weight is 242 g/mol. The van der Waals surface area contributed by atoms with E-state index in [-0.39, 0.29) is 17.7 Å². The number of nitrogens with zero attached hydrogens (tertiary/aromatic N) is 2. The SMILES string of the molecule is Cc1nc(C(=O)NCC(C)C(N)=NO)cs1. The molecule has 1 amide bonds. The van der Waals surface area contributed by atoms with Crippen LogP contribution in [0.5, 0.6) is 0 Å². The largest absolute Gasteiger partial charge is 0.409 e. The standard InChI is InChI=1S/C9H14N4O2S/c1-5(8(10)13-15)3-11-9(14)7-4-16-6(2)12-7/h4-5,15H,3H2,1-2H3,(H2,10,13)(H,11,14). The molecule has 0 radical (unpaired) electrons. The molecule has 6 nitrogen and oxygen atoms in total. The molecule has 1 heterocycles. The Morgan fingerprint density at radius 3 is 3.00 bits per heavy atom. The molecule has 1 atom stereocenters. The summed E-state index contributed by atoms with van der Waals surface area (Å²) in [5, 5.41) is 16.5. The first-order chi connectivity index (χ1) is 7.54.